The maximum absolute atomic E-state index is 13.7. The molecule has 2 N–H and O–H groups in total. The lowest BCUT2D eigenvalue weighted by Gasteiger charge is -2.09. The third kappa shape index (κ3) is 4.55. The molecule has 6 nitrogen and oxygen atoms in total. The van der Waals surface area contributed by atoms with Gasteiger partial charge in [-0.3, -0.25) is 4.79 Å². The van der Waals surface area contributed by atoms with Gasteiger partial charge in [-0.15, -0.1) is 0 Å². The number of benzene rings is 2. The molecule has 0 aliphatic rings. The van der Waals surface area contributed by atoms with Crippen LogP contribution >= 0.6 is 0 Å². The smallest absolute Gasteiger partial charge is 0.274 e. The van der Waals surface area contributed by atoms with Crippen molar-refractivity contribution in [2.45, 2.75) is 6.54 Å². The molecule has 3 rings (SSSR count). The van der Waals surface area contributed by atoms with Gasteiger partial charge >= 0.3 is 0 Å². The molecule has 2 aromatic carbocycles. The first kappa shape index (κ1) is 18.2. The normalized spacial score (nSPS) is 10.3. The van der Waals surface area contributed by atoms with E-state index in [9.17, 15) is 13.6 Å². The standard InChI is InChI=1S/C19H16F2N4O2/c1-27-13-7-5-12(6-8-13)10-22-17-9-16(23-11-24-17)19(26)25-18-14(20)3-2-4-15(18)21/h2-9,11H,10H2,1H3,(H,25,26)(H,22,23,24). The van der Waals surface area contributed by atoms with Crippen LogP contribution in [-0.2, 0) is 6.54 Å². The molecule has 0 aliphatic heterocycles. The summed E-state index contributed by atoms with van der Waals surface area (Å²) < 4.78 is 32.4. The summed E-state index contributed by atoms with van der Waals surface area (Å²) in [7, 11) is 1.59. The quantitative estimate of drug-likeness (QED) is 0.693. The molecule has 0 saturated carbocycles. The van der Waals surface area contributed by atoms with Crippen LogP contribution < -0.4 is 15.4 Å². The zero-order chi connectivity index (χ0) is 19.2. The summed E-state index contributed by atoms with van der Waals surface area (Å²) in [5, 5.41) is 5.25. The Morgan fingerprint density at radius 1 is 1.07 bits per heavy atom. The number of anilines is 2. The highest BCUT2D eigenvalue weighted by molar-refractivity contribution is 6.03. The number of nitrogens with zero attached hydrogens (tertiary/aromatic N) is 2. The summed E-state index contributed by atoms with van der Waals surface area (Å²) in [6, 6.07) is 12.2. The first-order valence-corrected chi connectivity index (χ1v) is 8.01. The number of halogens is 2. The van der Waals surface area contributed by atoms with Crippen molar-refractivity contribution in [2.75, 3.05) is 17.7 Å². The molecule has 0 fully saturated rings. The number of hydrogen-bond acceptors (Lipinski definition) is 5. The Kier molecular flexibility index (Phi) is 5.55. The van der Waals surface area contributed by atoms with Gasteiger partial charge in [0.1, 0.15) is 40.9 Å². The van der Waals surface area contributed by atoms with E-state index in [0.29, 0.717) is 12.4 Å². The predicted molar refractivity (Wildman–Crippen MR) is 96.7 cm³/mol. The molecule has 0 atom stereocenters. The Morgan fingerprint density at radius 3 is 2.44 bits per heavy atom. The molecule has 3 aromatic rings. The van der Waals surface area contributed by atoms with E-state index in [1.807, 2.05) is 24.3 Å². The largest absolute Gasteiger partial charge is 0.497 e. The van der Waals surface area contributed by atoms with E-state index in [2.05, 4.69) is 20.6 Å². The summed E-state index contributed by atoms with van der Waals surface area (Å²) in [4.78, 5) is 20.1. The summed E-state index contributed by atoms with van der Waals surface area (Å²) in [6.45, 7) is 0.462. The van der Waals surface area contributed by atoms with Crippen molar-refractivity contribution in [2.24, 2.45) is 0 Å². The van der Waals surface area contributed by atoms with Crippen LogP contribution in [0.15, 0.2) is 54.9 Å². The topological polar surface area (TPSA) is 76.1 Å². The Labute approximate surface area is 154 Å². The second-order valence-electron chi connectivity index (χ2n) is 5.54. The first-order valence-electron chi connectivity index (χ1n) is 8.01. The molecule has 1 amide bonds. The second kappa shape index (κ2) is 8.22. The number of rotatable bonds is 6. The number of ether oxygens (including phenoxy) is 1. The number of para-hydroxylation sites is 1. The van der Waals surface area contributed by atoms with Crippen molar-refractivity contribution < 1.29 is 18.3 Å². The van der Waals surface area contributed by atoms with E-state index in [0.717, 1.165) is 23.4 Å². The molecule has 0 radical (unpaired) electrons. The summed E-state index contributed by atoms with van der Waals surface area (Å²) in [5.74, 6) is -1.32. The third-order valence-corrected chi connectivity index (χ3v) is 3.73. The van der Waals surface area contributed by atoms with Gasteiger partial charge in [-0.25, -0.2) is 18.7 Å². The van der Waals surface area contributed by atoms with Crippen LogP contribution in [0.4, 0.5) is 20.3 Å². The molecular weight excluding hydrogens is 354 g/mol. The maximum Gasteiger partial charge on any atom is 0.274 e. The zero-order valence-corrected chi connectivity index (χ0v) is 14.4. The minimum absolute atomic E-state index is 0.0233. The lowest BCUT2D eigenvalue weighted by atomic mass is 10.2. The van der Waals surface area contributed by atoms with Crippen LogP contribution in [0, 0.1) is 11.6 Å². The van der Waals surface area contributed by atoms with E-state index >= 15 is 0 Å². The maximum atomic E-state index is 13.7. The van der Waals surface area contributed by atoms with Crippen molar-refractivity contribution in [3.05, 3.63) is 77.8 Å². The van der Waals surface area contributed by atoms with Crippen molar-refractivity contribution >= 4 is 17.4 Å². The van der Waals surface area contributed by atoms with E-state index in [1.165, 1.54) is 18.5 Å². The Hall–Kier alpha value is -3.55. The molecule has 0 bridgehead atoms. The summed E-state index contributed by atoms with van der Waals surface area (Å²) >= 11 is 0. The number of amides is 1. The fourth-order valence-electron chi connectivity index (χ4n) is 2.31. The van der Waals surface area contributed by atoms with Crippen molar-refractivity contribution in [1.29, 1.82) is 0 Å². The number of aromatic nitrogens is 2. The number of carbonyl (C=O) groups is 1. The first-order chi connectivity index (χ1) is 13.1. The fraction of sp³-hybridized carbons (Fsp3) is 0.105. The average Bonchev–Trinajstić information content (AvgIpc) is 2.70. The summed E-state index contributed by atoms with van der Waals surface area (Å²) in [6.07, 6.45) is 1.20. The van der Waals surface area contributed by atoms with Crippen LogP contribution in [0.3, 0.4) is 0 Å². The van der Waals surface area contributed by atoms with Gasteiger partial charge in [-0.2, -0.15) is 0 Å². The van der Waals surface area contributed by atoms with Gasteiger partial charge < -0.3 is 15.4 Å². The van der Waals surface area contributed by atoms with Crippen LogP contribution in [0.1, 0.15) is 16.1 Å². The van der Waals surface area contributed by atoms with Gasteiger partial charge in [-0.1, -0.05) is 18.2 Å². The molecule has 0 saturated heterocycles. The molecule has 0 unspecified atom stereocenters. The number of hydrogen-bond donors (Lipinski definition) is 2. The van der Waals surface area contributed by atoms with Gasteiger partial charge in [-0.05, 0) is 29.8 Å². The minimum atomic E-state index is -0.865. The van der Waals surface area contributed by atoms with Gasteiger partial charge in [0.15, 0.2) is 0 Å². The number of carbonyl (C=O) groups excluding carboxylic acids is 1. The molecule has 1 aromatic heterocycles. The predicted octanol–water partition coefficient (Wildman–Crippen LogP) is 3.63. The van der Waals surface area contributed by atoms with Gasteiger partial charge in [0.2, 0.25) is 0 Å². The highest BCUT2D eigenvalue weighted by atomic mass is 19.1. The molecule has 27 heavy (non-hydrogen) atoms. The lowest BCUT2D eigenvalue weighted by Crippen LogP contribution is -2.16. The minimum Gasteiger partial charge on any atom is -0.497 e. The van der Waals surface area contributed by atoms with Crippen LogP contribution in [0.25, 0.3) is 0 Å². The van der Waals surface area contributed by atoms with Gasteiger partial charge in [0, 0.05) is 12.6 Å². The fourth-order valence-corrected chi connectivity index (χ4v) is 2.31. The van der Waals surface area contributed by atoms with E-state index < -0.39 is 23.2 Å². The highest BCUT2D eigenvalue weighted by Gasteiger charge is 2.15. The van der Waals surface area contributed by atoms with Crippen molar-refractivity contribution in [1.82, 2.24) is 9.97 Å². The average molecular weight is 370 g/mol. The van der Waals surface area contributed by atoms with Gasteiger partial charge in [0.05, 0.1) is 7.11 Å². The molecule has 0 spiro atoms. The SMILES string of the molecule is COc1ccc(CNc2cc(C(=O)Nc3c(F)cccc3F)ncn2)cc1. The monoisotopic (exact) mass is 370 g/mol. The van der Waals surface area contributed by atoms with Crippen LogP contribution in [0.5, 0.6) is 5.75 Å². The van der Waals surface area contributed by atoms with Crippen LogP contribution in [-0.4, -0.2) is 23.0 Å². The van der Waals surface area contributed by atoms with Gasteiger partial charge in [0.25, 0.3) is 5.91 Å². The molecule has 0 aliphatic carbocycles. The van der Waals surface area contributed by atoms with Crippen LogP contribution in [0.2, 0.25) is 0 Å². The Balaban J connectivity index is 1.68. The number of methoxy groups -OCH3 is 1. The lowest BCUT2D eigenvalue weighted by molar-refractivity contribution is 0.102. The summed E-state index contributed by atoms with van der Waals surface area (Å²) in [5.41, 5.74) is 0.438. The van der Waals surface area contributed by atoms with E-state index in [4.69, 9.17) is 4.74 Å². The molecule has 1 heterocycles. The Bertz CT molecular complexity index is 928. The van der Waals surface area contributed by atoms with E-state index in [1.54, 1.807) is 7.11 Å². The molecular formula is C19H16F2N4O2. The molecule has 8 heteroatoms. The molecule has 138 valence electrons. The second-order valence-corrected chi connectivity index (χ2v) is 5.54. The van der Waals surface area contributed by atoms with Crippen molar-refractivity contribution in [3.8, 4) is 5.75 Å². The third-order valence-electron chi connectivity index (χ3n) is 3.73. The Morgan fingerprint density at radius 2 is 1.78 bits per heavy atom. The van der Waals surface area contributed by atoms with E-state index in [-0.39, 0.29) is 5.69 Å². The van der Waals surface area contributed by atoms with Crippen molar-refractivity contribution in [3.63, 3.8) is 0 Å². The zero-order valence-electron chi connectivity index (χ0n) is 14.4. The highest BCUT2D eigenvalue weighted by Crippen LogP contribution is 2.19. The number of nitrogens with one attached hydrogen (secondary N) is 2.